The number of halogens is 1. The molecule has 3 aromatic rings. The van der Waals surface area contributed by atoms with Crippen molar-refractivity contribution in [2.75, 3.05) is 0 Å². The number of nitrogens with one attached hydrogen (secondary N) is 1. The van der Waals surface area contributed by atoms with Crippen LogP contribution in [0.2, 0.25) is 0 Å². The number of hydrogen-bond donors (Lipinski definition) is 1. The zero-order valence-corrected chi connectivity index (χ0v) is 15.4. The van der Waals surface area contributed by atoms with E-state index in [9.17, 15) is 9.18 Å². The standard InChI is InChI=1S/C21H22FN3O2/c1-14(2)18(15-6-4-3-5-7-15)12-19(26)23-13-20-24-21(25-27-20)16-8-10-17(22)11-9-16/h3-11,14,18H,12-13H2,1-2H3,(H,23,26). The van der Waals surface area contributed by atoms with Crippen molar-refractivity contribution in [1.82, 2.24) is 15.5 Å². The molecule has 2 aromatic carbocycles. The largest absolute Gasteiger partial charge is 0.347 e. The fourth-order valence-electron chi connectivity index (χ4n) is 2.93. The first-order valence-electron chi connectivity index (χ1n) is 8.93. The molecule has 0 bridgehead atoms. The van der Waals surface area contributed by atoms with Crippen molar-refractivity contribution in [2.24, 2.45) is 5.92 Å². The fraction of sp³-hybridized carbons (Fsp3) is 0.286. The predicted molar refractivity (Wildman–Crippen MR) is 100 cm³/mol. The van der Waals surface area contributed by atoms with Crippen LogP contribution in [0.3, 0.4) is 0 Å². The van der Waals surface area contributed by atoms with E-state index in [0.29, 0.717) is 29.6 Å². The Kier molecular flexibility index (Phi) is 5.96. The number of rotatable bonds is 7. The van der Waals surface area contributed by atoms with Gasteiger partial charge in [0, 0.05) is 12.0 Å². The highest BCUT2D eigenvalue weighted by atomic mass is 19.1. The Morgan fingerprint density at radius 1 is 1.11 bits per heavy atom. The lowest BCUT2D eigenvalue weighted by molar-refractivity contribution is -0.122. The Hall–Kier alpha value is -3.02. The molecule has 1 atom stereocenters. The quantitative estimate of drug-likeness (QED) is 0.675. The van der Waals surface area contributed by atoms with E-state index in [0.717, 1.165) is 5.56 Å². The zero-order chi connectivity index (χ0) is 19.2. The lowest BCUT2D eigenvalue weighted by Gasteiger charge is -2.20. The van der Waals surface area contributed by atoms with Crippen molar-refractivity contribution in [3.05, 3.63) is 71.9 Å². The number of hydrogen-bond acceptors (Lipinski definition) is 4. The minimum atomic E-state index is -0.326. The second-order valence-corrected chi connectivity index (χ2v) is 6.76. The highest BCUT2D eigenvalue weighted by Gasteiger charge is 2.20. The van der Waals surface area contributed by atoms with Gasteiger partial charge in [0.2, 0.25) is 17.6 Å². The molecule has 5 nitrogen and oxygen atoms in total. The molecule has 27 heavy (non-hydrogen) atoms. The molecule has 1 heterocycles. The number of benzene rings is 2. The van der Waals surface area contributed by atoms with Crippen molar-refractivity contribution in [3.63, 3.8) is 0 Å². The van der Waals surface area contributed by atoms with Crippen LogP contribution in [0.15, 0.2) is 59.1 Å². The second kappa shape index (κ2) is 8.58. The van der Waals surface area contributed by atoms with Crippen LogP contribution in [-0.4, -0.2) is 16.0 Å². The van der Waals surface area contributed by atoms with Gasteiger partial charge >= 0.3 is 0 Å². The summed E-state index contributed by atoms with van der Waals surface area (Å²) in [4.78, 5) is 16.6. The molecule has 0 saturated heterocycles. The van der Waals surface area contributed by atoms with E-state index in [1.807, 2.05) is 30.3 Å². The Balaban J connectivity index is 1.58. The maximum atomic E-state index is 13.0. The Bertz CT molecular complexity index is 876. The molecule has 0 fully saturated rings. The van der Waals surface area contributed by atoms with Crippen molar-refractivity contribution >= 4 is 5.91 Å². The summed E-state index contributed by atoms with van der Waals surface area (Å²) < 4.78 is 18.2. The first kappa shape index (κ1) is 18.8. The van der Waals surface area contributed by atoms with Gasteiger partial charge in [-0.15, -0.1) is 0 Å². The summed E-state index contributed by atoms with van der Waals surface area (Å²) in [7, 11) is 0. The molecule has 0 spiro atoms. The van der Waals surface area contributed by atoms with Gasteiger partial charge in [0.05, 0.1) is 6.54 Å². The maximum absolute atomic E-state index is 13.0. The van der Waals surface area contributed by atoms with Crippen LogP contribution in [0, 0.1) is 11.7 Å². The third-order valence-corrected chi connectivity index (χ3v) is 4.45. The van der Waals surface area contributed by atoms with Crippen LogP contribution in [0.5, 0.6) is 0 Å². The smallest absolute Gasteiger partial charge is 0.246 e. The monoisotopic (exact) mass is 367 g/mol. The van der Waals surface area contributed by atoms with Gasteiger partial charge in [0.1, 0.15) is 5.82 Å². The van der Waals surface area contributed by atoms with Crippen LogP contribution in [0.4, 0.5) is 4.39 Å². The van der Waals surface area contributed by atoms with Gasteiger partial charge < -0.3 is 9.84 Å². The minimum Gasteiger partial charge on any atom is -0.347 e. The summed E-state index contributed by atoms with van der Waals surface area (Å²) in [6, 6.07) is 15.9. The molecule has 3 rings (SSSR count). The summed E-state index contributed by atoms with van der Waals surface area (Å²) >= 11 is 0. The van der Waals surface area contributed by atoms with Crippen molar-refractivity contribution < 1.29 is 13.7 Å². The Labute approximate surface area is 157 Å². The lowest BCUT2D eigenvalue weighted by Crippen LogP contribution is -2.26. The van der Waals surface area contributed by atoms with Gasteiger partial charge in [-0.05, 0) is 41.7 Å². The third-order valence-electron chi connectivity index (χ3n) is 4.45. The third kappa shape index (κ3) is 5.00. The molecule has 0 aliphatic carbocycles. The summed E-state index contributed by atoms with van der Waals surface area (Å²) in [6.45, 7) is 4.38. The number of carbonyl (C=O) groups is 1. The van der Waals surface area contributed by atoms with E-state index in [2.05, 4.69) is 29.3 Å². The Morgan fingerprint density at radius 3 is 2.48 bits per heavy atom. The molecular formula is C21H22FN3O2. The topological polar surface area (TPSA) is 68.0 Å². The van der Waals surface area contributed by atoms with E-state index in [1.165, 1.54) is 12.1 Å². The number of aromatic nitrogens is 2. The van der Waals surface area contributed by atoms with Crippen LogP contribution in [0.1, 0.15) is 37.6 Å². The SMILES string of the molecule is CC(C)C(CC(=O)NCc1nc(-c2ccc(F)cc2)no1)c1ccccc1. The maximum Gasteiger partial charge on any atom is 0.246 e. The van der Waals surface area contributed by atoms with Crippen molar-refractivity contribution in [3.8, 4) is 11.4 Å². The second-order valence-electron chi connectivity index (χ2n) is 6.76. The summed E-state index contributed by atoms with van der Waals surface area (Å²) in [6.07, 6.45) is 0.390. The average molecular weight is 367 g/mol. The van der Waals surface area contributed by atoms with E-state index in [-0.39, 0.29) is 24.2 Å². The van der Waals surface area contributed by atoms with Crippen molar-refractivity contribution in [1.29, 1.82) is 0 Å². The van der Waals surface area contributed by atoms with E-state index in [1.54, 1.807) is 12.1 Å². The molecule has 1 amide bonds. The molecule has 0 aliphatic heterocycles. The van der Waals surface area contributed by atoms with Crippen LogP contribution in [0.25, 0.3) is 11.4 Å². The van der Waals surface area contributed by atoms with Gasteiger partial charge in [0.15, 0.2) is 0 Å². The highest BCUT2D eigenvalue weighted by Crippen LogP contribution is 2.27. The van der Waals surface area contributed by atoms with Crippen LogP contribution in [-0.2, 0) is 11.3 Å². The molecule has 6 heteroatoms. The summed E-state index contributed by atoms with van der Waals surface area (Å²) in [5.41, 5.74) is 1.81. The highest BCUT2D eigenvalue weighted by molar-refractivity contribution is 5.76. The predicted octanol–water partition coefficient (Wildman–Crippen LogP) is 4.32. The van der Waals surface area contributed by atoms with Crippen molar-refractivity contribution in [2.45, 2.75) is 32.7 Å². The molecule has 0 radical (unpaired) electrons. The molecule has 1 N–H and O–H groups in total. The Morgan fingerprint density at radius 2 is 1.81 bits per heavy atom. The van der Waals surface area contributed by atoms with Crippen LogP contribution < -0.4 is 5.32 Å². The molecule has 0 saturated carbocycles. The van der Waals surface area contributed by atoms with Gasteiger partial charge in [0.25, 0.3) is 0 Å². The molecule has 0 aliphatic rings. The molecule has 1 aromatic heterocycles. The van der Waals surface area contributed by atoms with E-state index >= 15 is 0 Å². The zero-order valence-electron chi connectivity index (χ0n) is 15.4. The average Bonchev–Trinajstić information content (AvgIpc) is 3.14. The number of carbonyl (C=O) groups excluding carboxylic acids is 1. The first-order valence-corrected chi connectivity index (χ1v) is 8.93. The lowest BCUT2D eigenvalue weighted by atomic mass is 9.85. The van der Waals surface area contributed by atoms with E-state index < -0.39 is 0 Å². The number of amides is 1. The number of nitrogens with zero attached hydrogens (tertiary/aromatic N) is 2. The van der Waals surface area contributed by atoms with Gasteiger partial charge in [-0.2, -0.15) is 4.98 Å². The molecule has 1 unspecified atom stereocenters. The van der Waals surface area contributed by atoms with E-state index in [4.69, 9.17) is 4.52 Å². The minimum absolute atomic E-state index is 0.0703. The normalized spacial score (nSPS) is 12.1. The fourth-order valence-corrected chi connectivity index (χ4v) is 2.93. The van der Waals surface area contributed by atoms with Gasteiger partial charge in [-0.1, -0.05) is 49.3 Å². The van der Waals surface area contributed by atoms with Gasteiger partial charge in [-0.3, -0.25) is 4.79 Å². The van der Waals surface area contributed by atoms with Gasteiger partial charge in [-0.25, -0.2) is 4.39 Å². The summed E-state index contributed by atoms with van der Waals surface area (Å²) in [5.74, 6) is 0.759. The first-order chi connectivity index (χ1) is 13.0. The molecule has 140 valence electrons. The summed E-state index contributed by atoms with van der Waals surface area (Å²) in [5, 5.41) is 6.70. The molecular weight excluding hydrogens is 345 g/mol. The van der Waals surface area contributed by atoms with Crippen LogP contribution >= 0.6 is 0 Å².